The Hall–Kier alpha value is -0.740. The summed E-state index contributed by atoms with van der Waals surface area (Å²) in [5, 5.41) is 4.73. The molecule has 2 rings (SSSR count). The minimum Gasteiger partial charge on any atom is -0.377 e. The van der Waals surface area contributed by atoms with Crippen molar-refractivity contribution < 1.29 is 0 Å². The lowest BCUT2D eigenvalue weighted by Crippen LogP contribution is -2.21. The molecule has 5 heteroatoms. The van der Waals surface area contributed by atoms with Crippen LogP contribution in [0.25, 0.3) is 0 Å². The molecule has 19 heavy (non-hydrogen) atoms. The number of halogens is 3. The summed E-state index contributed by atoms with van der Waals surface area (Å²) in [7, 11) is 0. The van der Waals surface area contributed by atoms with Crippen LogP contribution in [-0.4, -0.2) is 6.54 Å². The number of anilines is 1. The summed E-state index contributed by atoms with van der Waals surface area (Å²) >= 11 is 15.5. The number of nitrogens with two attached hydrogens (primary N) is 1. The molecule has 0 aliphatic rings. The summed E-state index contributed by atoms with van der Waals surface area (Å²) < 4.78 is 0.974. The Kier molecular flexibility index (Phi) is 5.11. The molecule has 0 radical (unpaired) electrons. The molecule has 2 nitrogen and oxygen atoms in total. The highest BCUT2D eigenvalue weighted by Crippen LogP contribution is 2.29. The van der Waals surface area contributed by atoms with Crippen LogP contribution in [0.4, 0.5) is 5.69 Å². The van der Waals surface area contributed by atoms with E-state index >= 15 is 0 Å². The Morgan fingerprint density at radius 2 is 1.84 bits per heavy atom. The quantitative estimate of drug-likeness (QED) is 0.817. The van der Waals surface area contributed by atoms with Crippen LogP contribution in [-0.2, 0) is 0 Å². The number of rotatable bonds is 4. The molecule has 0 heterocycles. The van der Waals surface area contributed by atoms with Gasteiger partial charge in [-0.15, -0.1) is 0 Å². The van der Waals surface area contributed by atoms with E-state index in [0.29, 0.717) is 16.6 Å². The number of hydrogen-bond acceptors (Lipinski definition) is 2. The van der Waals surface area contributed by atoms with Crippen LogP contribution in [0.15, 0.2) is 46.9 Å². The second-order valence-corrected chi connectivity index (χ2v) is 5.84. The average Bonchev–Trinajstić information content (AvgIpc) is 2.39. The molecule has 1 unspecified atom stereocenters. The van der Waals surface area contributed by atoms with Crippen molar-refractivity contribution in [3.8, 4) is 0 Å². The van der Waals surface area contributed by atoms with E-state index in [-0.39, 0.29) is 6.04 Å². The molecule has 0 amide bonds. The minimum absolute atomic E-state index is 0.0356. The van der Waals surface area contributed by atoms with Gasteiger partial charge in [0.2, 0.25) is 0 Å². The predicted octanol–water partition coefficient (Wildman–Crippen LogP) is 4.87. The molecule has 0 fully saturated rings. The van der Waals surface area contributed by atoms with Crippen molar-refractivity contribution in [1.29, 1.82) is 0 Å². The van der Waals surface area contributed by atoms with Gasteiger partial charge in [-0.05, 0) is 42.0 Å². The van der Waals surface area contributed by atoms with Crippen molar-refractivity contribution >= 4 is 44.8 Å². The Balaban J connectivity index is 2.27. The van der Waals surface area contributed by atoms with E-state index in [9.17, 15) is 0 Å². The van der Waals surface area contributed by atoms with Crippen LogP contribution in [0.1, 0.15) is 11.6 Å². The summed E-state index contributed by atoms with van der Waals surface area (Å²) in [6.45, 7) is 0.450. The van der Waals surface area contributed by atoms with Crippen molar-refractivity contribution in [2.45, 2.75) is 6.04 Å². The third-order valence-electron chi connectivity index (χ3n) is 2.73. The zero-order valence-electron chi connectivity index (χ0n) is 10.0. The van der Waals surface area contributed by atoms with Gasteiger partial charge in [-0.25, -0.2) is 0 Å². The lowest BCUT2D eigenvalue weighted by atomic mass is 10.1. The van der Waals surface area contributed by atoms with Crippen molar-refractivity contribution in [3.63, 3.8) is 0 Å². The van der Waals surface area contributed by atoms with Crippen molar-refractivity contribution in [1.82, 2.24) is 0 Å². The zero-order chi connectivity index (χ0) is 13.8. The van der Waals surface area contributed by atoms with E-state index in [0.717, 1.165) is 15.7 Å². The summed E-state index contributed by atoms with van der Waals surface area (Å²) in [4.78, 5) is 0. The third kappa shape index (κ3) is 3.86. The van der Waals surface area contributed by atoms with Gasteiger partial charge < -0.3 is 11.1 Å². The van der Waals surface area contributed by atoms with E-state index in [1.165, 1.54) is 0 Å². The molecular weight excluding hydrogens is 347 g/mol. The first-order chi connectivity index (χ1) is 9.10. The predicted molar refractivity (Wildman–Crippen MR) is 86.0 cm³/mol. The van der Waals surface area contributed by atoms with E-state index in [1.54, 1.807) is 0 Å². The SMILES string of the molecule is NCC(Nc1cccc(Cl)c1)c1cc(Cl)ccc1Br. The van der Waals surface area contributed by atoms with Crippen molar-refractivity contribution in [3.05, 3.63) is 62.5 Å². The standard InChI is InChI=1S/C14H13BrCl2N2/c15-13-5-4-10(17)7-12(13)14(8-18)19-11-3-1-2-9(16)6-11/h1-7,14,19H,8,18H2. The van der Waals surface area contributed by atoms with Crippen LogP contribution >= 0.6 is 39.1 Å². The number of benzene rings is 2. The molecule has 0 bridgehead atoms. The first kappa shape index (κ1) is 14.7. The van der Waals surface area contributed by atoms with Gasteiger partial charge >= 0.3 is 0 Å². The van der Waals surface area contributed by atoms with E-state index in [1.807, 2.05) is 42.5 Å². The molecule has 3 N–H and O–H groups in total. The molecule has 0 saturated heterocycles. The van der Waals surface area contributed by atoms with E-state index in [4.69, 9.17) is 28.9 Å². The van der Waals surface area contributed by atoms with Crippen LogP contribution in [0.5, 0.6) is 0 Å². The molecular formula is C14H13BrCl2N2. The van der Waals surface area contributed by atoms with E-state index in [2.05, 4.69) is 21.2 Å². The van der Waals surface area contributed by atoms with E-state index < -0.39 is 0 Å². The fourth-order valence-electron chi connectivity index (χ4n) is 1.82. The molecule has 0 saturated carbocycles. The molecule has 0 spiro atoms. The fraction of sp³-hybridized carbons (Fsp3) is 0.143. The smallest absolute Gasteiger partial charge is 0.0647 e. The van der Waals surface area contributed by atoms with Gasteiger partial charge in [0.15, 0.2) is 0 Å². The van der Waals surface area contributed by atoms with Crippen molar-refractivity contribution in [2.24, 2.45) is 5.73 Å². The first-order valence-corrected chi connectivity index (χ1v) is 7.32. The summed E-state index contributed by atoms with van der Waals surface area (Å²) in [5.74, 6) is 0. The summed E-state index contributed by atoms with van der Waals surface area (Å²) in [5.41, 5.74) is 7.80. The maximum atomic E-state index is 6.04. The normalized spacial score (nSPS) is 12.2. The van der Waals surface area contributed by atoms with Crippen LogP contribution < -0.4 is 11.1 Å². The van der Waals surface area contributed by atoms with Gasteiger partial charge in [0.1, 0.15) is 0 Å². The second kappa shape index (κ2) is 6.62. The molecule has 100 valence electrons. The summed E-state index contributed by atoms with van der Waals surface area (Å²) in [6, 6.07) is 13.2. The Morgan fingerprint density at radius 1 is 1.11 bits per heavy atom. The van der Waals surface area contributed by atoms with Gasteiger partial charge in [0.25, 0.3) is 0 Å². The molecule has 1 atom stereocenters. The Labute approximate surface area is 131 Å². The maximum absolute atomic E-state index is 6.04. The number of hydrogen-bond donors (Lipinski definition) is 2. The first-order valence-electron chi connectivity index (χ1n) is 5.77. The summed E-state index contributed by atoms with van der Waals surface area (Å²) in [6.07, 6.45) is 0. The largest absolute Gasteiger partial charge is 0.377 e. The minimum atomic E-state index is -0.0356. The maximum Gasteiger partial charge on any atom is 0.0647 e. The highest BCUT2D eigenvalue weighted by atomic mass is 79.9. The lowest BCUT2D eigenvalue weighted by molar-refractivity contribution is 0.786. The molecule has 0 aromatic heterocycles. The molecule has 0 aliphatic carbocycles. The number of nitrogens with one attached hydrogen (secondary N) is 1. The topological polar surface area (TPSA) is 38.0 Å². The van der Waals surface area contributed by atoms with Gasteiger partial charge in [0.05, 0.1) is 6.04 Å². The van der Waals surface area contributed by atoms with Crippen molar-refractivity contribution in [2.75, 3.05) is 11.9 Å². The second-order valence-electron chi connectivity index (χ2n) is 4.11. The zero-order valence-corrected chi connectivity index (χ0v) is 13.1. The van der Waals surface area contributed by atoms with Crippen LogP contribution in [0, 0.1) is 0 Å². The van der Waals surface area contributed by atoms with Crippen LogP contribution in [0.2, 0.25) is 10.0 Å². The third-order valence-corrected chi connectivity index (χ3v) is 3.93. The highest BCUT2D eigenvalue weighted by molar-refractivity contribution is 9.10. The van der Waals surface area contributed by atoms with Crippen LogP contribution in [0.3, 0.4) is 0 Å². The molecule has 0 aliphatic heterocycles. The Morgan fingerprint density at radius 3 is 2.53 bits per heavy atom. The lowest BCUT2D eigenvalue weighted by Gasteiger charge is -2.20. The molecule has 2 aromatic carbocycles. The highest BCUT2D eigenvalue weighted by Gasteiger charge is 2.13. The average molecular weight is 360 g/mol. The Bertz CT molecular complexity index is 575. The van der Waals surface area contributed by atoms with Gasteiger partial charge in [0, 0.05) is 26.8 Å². The van der Waals surface area contributed by atoms with Gasteiger partial charge in [-0.3, -0.25) is 0 Å². The molecule has 2 aromatic rings. The fourth-order valence-corrected chi connectivity index (χ4v) is 2.72. The monoisotopic (exact) mass is 358 g/mol. The van der Waals surface area contributed by atoms with Gasteiger partial charge in [-0.2, -0.15) is 0 Å². The van der Waals surface area contributed by atoms with Gasteiger partial charge in [-0.1, -0.05) is 45.2 Å².